The number of aryl methyl sites for hydroxylation is 1. The molecule has 22 heavy (non-hydrogen) atoms. The lowest BCUT2D eigenvalue weighted by Gasteiger charge is -2.09. The largest absolute Gasteiger partial charge is 0.283 e. The Hall–Kier alpha value is -1.86. The number of anilines is 1. The van der Waals surface area contributed by atoms with Crippen LogP contribution in [0.3, 0.4) is 0 Å². The van der Waals surface area contributed by atoms with E-state index in [9.17, 15) is 16.8 Å². The van der Waals surface area contributed by atoms with E-state index in [1.54, 1.807) is 12.1 Å². The minimum atomic E-state index is -3.55. The molecular weight excluding hydrogens is 322 g/mol. The molecule has 0 bridgehead atoms. The molecule has 0 radical (unpaired) electrons. The predicted molar refractivity (Wildman–Crippen MR) is 87.0 cm³/mol. The summed E-state index contributed by atoms with van der Waals surface area (Å²) in [7, 11) is -6.85. The smallest absolute Gasteiger partial charge is 0.236 e. The van der Waals surface area contributed by atoms with Crippen LogP contribution in [0.15, 0.2) is 53.4 Å². The second-order valence-electron chi connectivity index (χ2n) is 5.15. The molecule has 0 saturated heterocycles. The zero-order valence-corrected chi connectivity index (χ0v) is 13.9. The average Bonchev–Trinajstić information content (AvgIpc) is 2.37. The molecule has 0 fully saturated rings. The van der Waals surface area contributed by atoms with Gasteiger partial charge in [0.25, 0.3) is 0 Å². The van der Waals surface area contributed by atoms with E-state index >= 15 is 0 Å². The maximum Gasteiger partial charge on any atom is 0.236 e. The first-order chi connectivity index (χ1) is 10.2. The first-order valence-corrected chi connectivity index (χ1v) is 10.1. The molecule has 0 amide bonds. The molecular formula is C15H17NO4S2. The van der Waals surface area contributed by atoms with Crippen LogP contribution < -0.4 is 4.72 Å². The van der Waals surface area contributed by atoms with Gasteiger partial charge in [-0.3, -0.25) is 4.72 Å². The molecule has 0 aliphatic rings. The quantitative estimate of drug-likeness (QED) is 0.907. The van der Waals surface area contributed by atoms with Crippen molar-refractivity contribution in [2.45, 2.75) is 17.6 Å². The normalized spacial score (nSPS) is 12.1. The SMILES string of the molecule is Cc1cccc(CS(=O)(=O)Nc2ccc(S(C)(=O)=O)cc2)c1. The first-order valence-electron chi connectivity index (χ1n) is 6.52. The zero-order valence-electron chi connectivity index (χ0n) is 12.3. The van der Waals surface area contributed by atoms with Crippen LogP contribution in [0.2, 0.25) is 0 Å². The van der Waals surface area contributed by atoms with Crippen molar-refractivity contribution in [1.29, 1.82) is 0 Å². The molecule has 0 aromatic heterocycles. The third kappa shape index (κ3) is 4.57. The summed E-state index contributed by atoms with van der Waals surface area (Å²) >= 11 is 0. The molecule has 2 aromatic rings. The fourth-order valence-corrected chi connectivity index (χ4v) is 3.82. The number of sulfone groups is 1. The Kier molecular flexibility index (Phi) is 4.58. The van der Waals surface area contributed by atoms with Crippen molar-refractivity contribution in [2.75, 3.05) is 11.0 Å². The van der Waals surface area contributed by atoms with Gasteiger partial charge in [-0.1, -0.05) is 29.8 Å². The molecule has 0 spiro atoms. The van der Waals surface area contributed by atoms with E-state index in [0.29, 0.717) is 11.3 Å². The van der Waals surface area contributed by atoms with Gasteiger partial charge in [-0.2, -0.15) is 0 Å². The molecule has 5 nitrogen and oxygen atoms in total. The van der Waals surface area contributed by atoms with Crippen molar-refractivity contribution in [3.63, 3.8) is 0 Å². The van der Waals surface area contributed by atoms with Gasteiger partial charge in [0.15, 0.2) is 9.84 Å². The van der Waals surface area contributed by atoms with Gasteiger partial charge in [-0.15, -0.1) is 0 Å². The molecule has 7 heteroatoms. The summed E-state index contributed by atoms with van der Waals surface area (Å²) in [4.78, 5) is 0.147. The van der Waals surface area contributed by atoms with E-state index in [4.69, 9.17) is 0 Å². The molecule has 1 N–H and O–H groups in total. The van der Waals surface area contributed by atoms with Crippen LogP contribution in [0.5, 0.6) is 0 Å². The van der Waals surface area contributed by atoms with Crippen LogP contribution in [0.25, 0.3) is 0 Å². The minimum Gasteiger partial charge on any atom is -0.283 e. The Balaban J connectivity index is 2.15. The van der Waals surface area contributed by atoms with Crippen molar-refractivity contribution in [3.05, 3.63) is 59.7 Å². The zero-order chi connectivity index (χ0) is 16.4. The third-order valence-corrected chi connectivity index (χ3v) is 5.38. The second kappa shape index (κ2) is 6.10. The number of sulfonamides is 1. The Morgan fingerprint density at radius 1 is 0.955 bits per heavy atom. The van der Waals surface area contributed by atoms with E-state index in [0.717, 1.165) is 11.8 Å². The molecule has 0 atom stereocenters. The monoisotopic (exact) mass is 339 g/mol. The summed E-state index contributed by atoms with van der Waals surface area (Å²) < 4.78 is 49.4. The Bertz CT molecular complexity index is 870. The fraction of sp³-hybridized carbons (Fsp3) is 0.200. The van der Waals surface area contributed by atoms with Crippen molar-refractivity contribution < 1.29 is 16.8 Å². The van der Waals surface area contributed by atoms with E-state index in [-0.39, 0.29) is 10.6 Å². The lowest BCUT2D eigenvalue weighted by atomic mass is 10.2. The van der Waals surface area contributed by atoms with Crippen LogP contribution in [0, 0.1) is 6.92 Å². The van der Waals surface area contributed by atoms with E-state index in [2.05, 4.69) is 4.72 Å². The Morgan fingerprint density at radius 3 is 2.14 bits per heavy atom. The van der Waals surface area contributed by atoms with Crippen LogP contribution in [-0.2, 0) is 25.6 Å². The van der Waals surface area contributed by atoms with Crippen LogP contribution >= 0.6 is 0 Å². The molecule has 0 heterocycles. The summed E-state index contributed by atoms with van der Waals surface area (Å²) in [5.74, 6) is -0.136. The van der Waals surface area contributed by atoms with Gasteiger partial charge in [0, 0.05) is 11.9 Å². The maximum atomic E-state index is 12.1. The summed E-state index contributed by atoms with van der Waals surface area (Å²) in [6, 6.07) is 12.9. The predicted octanol–water partition coefficient (Wildman–Crippen LogP) is 2.34. The summed E-state index contributed by atoms with van der Waals surface area (Å²) in [5.41, 5.74) is 2.02. The highest BCUT2D eigenvalue weighted by Crippen LogP contribution is 2.17. The topological polar surface area (TPSA) is 80.3 Å². The molecule has 2 rings (SSSR count). The third-order valence-electron chi connectivity index (χ3n) is 2.99. The van der Waals surface area contributed by atoms with E-state index < -0.39 is 19.9 Å². The minimum absolute atomic E-state index is 0.136. The number of hydrogen-bond acceptors (Lipinski definition) is 4. The summed E-state index contributed by atoms with van der Waals surface area (Å²) in [5, 5.41) is 0. The van der Waals surface area contributed by atoms with Crippen LogP contribution in [0.4, 0.5) is 5.69 Å². The van der Waals surface area contributed by atoms with Crippen molar-refractivity contribution in [1.82, 2.24) is 0 Å². The lowest BCUT2D eigenvalue weighted by molar-refractivity contribution is 0.599. The second-order valence-corrected chi connectivity index (χ2v) is 8.88. The average molecular weight is 339 g/mol. The Labute approximate surface area is 131 Å². The van der Waals surface area contributed by atoms with Gasteiger partial charge in [-0.25, -0.2) is 16.8 Å². The molecule has 0 saturated carbocycles. The van der Waals surface area contributed by atoms with Gasteiger partial charge < -0.3 is 0 Å². The molecule has 2 aromatic carbocycles. The van der Waals surface area contributed by atoms with Crippen LogP contribution in [-0.4, -0.2) is 23.1 Å². The highest BCUT2D eigenvalue weighted by molar-refractivity contribution is 7.92. The summed E-state index contributed by atoms with van der Waals surface area (Å²) in [6.07, 6.45) is 1.10. The highest BCUT2D eigenvalue weighted by Gasteiger charge is 2.13. The molecule has 0 aliphatic carbocycles. The number of rotatable bonds is 5. The molecule has 118 valence electrons. The number of benzene rings is 2. The molecule has 0 aliphatic heterocycles. The standard InChI is InChI=1S/C15H17NO4S2/c1-12-4-3-5-13(10-12)11-22(19,20)16-14-6-8-15(9-7-14)21(2,17)18/h3-10,16H,11H2,1-2H3. The number of hydrogen-bond donors (Lipinski definition) is 1. The fourth-order valence-electron chi connectivity index (χ4n) is 2.01. The van der Waals surface area contributed by atoms with Gasteiger partial charge in [0.05, 0.1) is 10.6 Å². The van der Waals surface area contributed by atoms with Gasteiger partial charge in [-0.05, 0) is 36.8 Å². The van der Waals surface area contributed by atoms with Crippen molar-refractivity contribution >= 4 is 25.5 Å². The van der Waals surface area contributed by atoms with Crippen LogP contribution in [0.1, 0.15) is 11.1 Å². The molecule has 0 unspecified atom stereocenters. The highest BCUT2D eigenvalue weighted by atomic mass is 32.2. The first kappa shape index (κ1) is 16.5. The van der Waals surface area contributed by atoms with Gasteiger partial charge >= 0.3 is 0 Å². The van der Waals surface area contributed by atoms with Gasteiger partial charge in [0.2, 0.25) is 10.0 Å². The van der Waals surface area contributed by atoms with Crippen molar-refractivity contribution in [2.24, 2.45) is 0 Å². The Morgan fingerprint density at radius 2 is 1.59 bits per heavy atom. The van der Waals surface area contributed by atoms with Gasteiger partial charge in [0.1, 0.15) is 0 Å². The summed E-state index contributed by atoms with van der Waals surface area (Å²) in [6.45, 7) is 1.90. The van der Waals surface area contributed by atoms with Crippen molar-refractivity contribution in [3.8, 4) is 0 Å². The number of nitrogens with one attached hydrogen (secondary N) is 1. The van der Waals surface area contributed by atoms with E-state index in [1.807, 2.05) is 19.1 Å². The lowest BCUT2D eigenvalue weighted by Crippen LogP contribution is -2.15. The van der Waals surface area contributed by atoms with E-state index in [1.165, 1.54) is 24.3 Å². The maximum absolute atomic E-state index is 12.1.